The van der Waals surface area contributed by atoms with E-state index in [1.807, 2.05) is 0 Å². The van der Waals surface area contributed by atoms with Crippen molar-refractivity contribution in [3.05, 3.63) is 29.8 Å². The van der Waals surface area contributed by atoms with Crippen molar-refractivity contribution in [2.45, 2.75) is 51.6 Å². The maximum absolute atomic E-state index is 5.82. The Labute approximate surface area is 92.5 Å². The molecule has 2 rings (SSSR count). The van der Waals surface area contributed by atoms with Gasteiger partial charge in [0.25, 0.3) is 0 Å². The molecule has 1 fully saturated rings. The molecule has 82 valence electrons. The Morgan fingerprint density at radius 1 is 1.07 bits per heavy atom. The van der Waals surface area contributed by atoms with E-state index in [4.69, 9.17) is 4.74 Å². The molecule has 0 aromatic heterocycles. The Kier molecular flexibility index (Phi) is 2.72. The zero-order valence-corrected chi connectivity index (χ0v) is 9.92. The highest BCUT2D eigenvalue weighted by Gasteiger charge is 2.19. The van der Waals surface area contributed by atoms with Gasteiger partial charge in [0.15, 0.2) is 0 Å². The average molecular weight is 204 g/mol. The molecule has 1 saturated carbocycles. The second kappa shape index (κ2) is 3.88. The van der Waals surface area contributed by atoms with Crippen molar-refractivity contribution in [1.29, 1.82) is 0 Å². The van der Waals surface area contributed by atoms with Gasteiger partial charge in [0.2, 0.25) is 0 Å². The summed E-state index contributed by atoms with van der Waals surface area (Å²) in [5.41, 5.74) is 1.60. The summed E-state index contributed by atoms with van der Waals surface area (Å²) in [6.45, 7) is 6.69. The van der Waals surface area contributed by atoms with E-state index in [1.165, 1.54) is 24.8 Å². The molecule has 1 heteroatoms. The second-order valence-electron chi connectivity index (χ2n) is 5.45. The van der Waals surface area contributed by atoms with Gasteiger partial charge in [-0.3, -0.25) is 0 Å². The molecule has 0 unspecified atom stereocenters. The molecule has 0 spiro atoms. The van der Waals surface area contributed by atoms with E-state index in [0.717, 1.165) is 5.75 Å². The molecule has 0 N–H and O–H groups in total. The second-order valence-corrected chi connectivity index (χ2v) is 5.45. The summed E-state index contributed by atoms with van der Waals surface area (Å²) >= 11 is 0. The third-order valence-corrected chi connectivity index (χ3v) is 3.08. The minimum atomic E-state index is 0.231. The monoisotopic (exact) mass is 204 g/mol. The molecule has 15 heavy (non-hydrogen) atoms. The summed E-state index contributed by atoms with van der Waals surface area (Å²) in [6.07, 6.45) is 4.25. The summed E-state index contributed by atoms with van der Waals surface area (Å²) in [5.74, 6) is 1.02. The van der Waals surface area contributed by atoms with Gasteiger partial charge in [0.05, 0.1) is 6.10 Å². The summed E-state index contributed by atoms with van der Waals surface area (Å²) in [5, 5.41) is 0. The van der Waals surface area contributed by atoms with E-state index in [1.54, 1.807) is 0 Å². The predicted molar refractivity (Wildman–Crippen MR) is 63.4 cm³/mol. The highest BCUT2D eigenvalue weighted by Crippen LogP contribution is 2.28. The molecule has 1 nitrogen and oxygen atoms in total. The third kappa shape index (κ3) is 2.53. The summed E-state index contributed by atoms with van der Waals surface area (Å²) in [6, 6.07) is 8.54. The Morgan fingerprint density at radius 2 is 1.67 bits per heavy atom. The van der Waals surface area contributed by atoms with Crippen LogP contribution in [0.4, 0.5) is 0 Å². The average Bonchev–Trinajstić information content (AvgIpc) is 2.11. The van der Waals surface area contributed by atoms with Crippen LogP contribution in [0.1, 0.15) is 45.6 Å². The molecule has 0 heterocycles. The number of rotatable bonds is 2. The topological polar surface area (TPSA) is 9.23 Å². The van der Waals surface area contributed by atoms with Crippen molar-refractivity contribution in [3.8, 4) is 5.75 Å². The predicted octanol–water partition coefficient (Wildman–Crippen LogP) is 3.92. The van der Waals surface area contributed by atoms with E-state index in [2.05, 4.69) is 45.0 Å². The van der Waals surface area contributed by atoms with Gasteiger partial charge in [0.1, 0.15) is 5.75 Å². The van der Waals surface area contributed by atoms with Crippen LogP contribution < -0.4 is 4.74 Å². The molecule has 1 aliphatic carbocycles. The van der Waals surface area contributed by atoms with Crippen molar-refractivity contribution in [2.75, 3.05) is 0 Å². The van der Waals surface area contributed by atoms with Gasteiger partial charge in [0, 0.05) is 0 Å². The summed E-state index contributed by atoms with van der Waals surface area (Å²) in [7, 11) is 0. The van der Waals surface area contributed by atoms with Crippen LogP contribution in [0.15, 0.2) is 24.3 Å². The van der Waals surface area contributed by atoms with Gasteiger partial charge < -0.3 is 4.74 Å². The van der Waals surface area contributed by atoms with Crippen LogP contribution in [0.2, 0.25) is 0 Å². The Bertz CT molecular complexity index is 314. The van der Waals surface area contributed by atoms with E-state index in [-0.39, 0.29) is 5.41 Å². The zero-order valence-electron chi connectivity index (χ0n) is 9.92. The van der Waals surface area contributed by atoms with Crippen LogP contribution in [-0.2, 0) is 5.41 Å². The standard InChI is InChI=1S/C14H20O/c1-14(2,3)11-7-9-13(10-8-11)15-12-5-4-6-12/h7-10,12H,4-6H2,1-3H3. The Balaban J connectivity index is 2.03. The van der Waals surface area contributed by atoms with Crippen LogP contribution in [0.25, 0.3) is 0 Å². The van der Waals surface area contributed by atoms with Gasteiger partial charge in [-0.15, -0.1) is 0 Å². The quantitative estimate of drug-likeness (QED) is 0.709. The van der Waals surface area contributed by atoms with E-state index in [0.29, 0.717) is 6.10 Å². The number of hydrogen-bond acceptors (Lipinski definition) is 1. The van der Waals surface area contributed by atoms with Crippen molar-refractivity contribution in [1.82, 2.24) is 0 Å². The maximum atomic E-state index is 5.82. The Morgan fingerprint density at radius 3 is 2.07 bits per heavy atom. The van der Waals surface area contributed by atoms with Gasteiger partial charge in [-0.25, -0.2) is 0 Å². The molecule has 1 aliphatic rings. The van der Waals surface area contributed by atoms with Crippen molar-refractivity contribution in [3.63, 3.8) is 0 Å². The lowest BCUT2D eigenvalue weighted by atomic mass is 9.87. The first-order valence-electron chi connectivity index (χ1n) is 5.83. The molecule has 0 radical (unpaired) electrons. The molecule has 0 bridgehead atoms. The lowest BCUT2D eigenvalue weighted by Gasteiger charge is -2.27. The highest BCUT2D eigenvalue weighted by atomic mass is 16.5. The fourth-order valence-corrected chi connectivity index (χ4v) is 1.71. The van der Waals surface area contributed by atoms with Gasteiger partial charge in [-0.2, -0.15) is 0 Å². The first-order chi connectivity index (χ1) is 7.05. The van der Waals surface area contributed by atoms with Gasteiger partial charge in [-0.05, 0) is 42.4 Å². The zero-order chi connectivity index (χ0) is 10.9. The number of ether oxygens (including phenoxy) is 1. The van der Waals surface area contributed by atoms with E-state index < -0.39 is 0 Å². The first-order valence-corrected chi connectivity index (χ1v) is 5.83. The SMILES string of the molecule is CC(C)(C)c1ccc(OC2CCC2)cc1. The summed E-state index contributed by atoms with van der Waals surface area (Å²) in [4.78, 5) is 0. The van der Waals surface area contributed by atoms with Crippen LogP contribution in [0.5, 0.6) is 5.75 Å². The lowest BCUT2D eigenvalue weighted by molar-refractivity contribution is 0.120. The number of benzene rings is 1. The fraction of sp³-hybridized carbons (Fsp3) is 0.571. The van der Waals surface area contributed by atoms with E-state index in [9.17, 15) is 0 Å². The molecule has 1 aromatic rings. The summed E-state index contributed by atoms with van der Waals surface area (Å²) < 4.78 is 5.82. The van der Waals surface area contributed by atoms with Crippen LogP contribution in [0.3, 0.4) is 0 Å². The van der Waals surface area contributed by atoms with Gasteiger partial charge >= 0.3 is 0 Å². The largest absolute Gasteiger partial charge is 0.490 e. The van der Waals surface area contributed by atoms with Gasteiger partial charge in [-0.1, -0.05) is 32.9 Å². The molecular formula is C14H20O. The van der Waals surface area contributed by atoms with Crippen molar-refractivity contribution in [2.24, 2.45) is 0 Å². The van der Waals surface area contributed by atoms with E-state index >= 15 is 0 Å². The van der Waals surface area contributed by atoms with Crippen molar-refractivity contribution >= 4 is 0 Å². The van der Waals surface area contributed by atoms with Crippen LogP contribution in [0, 0.1) is 0 Å². The Hall–Kier alpha value is -0.980. The van der Waals surface area contributed by atoms with Crippen LogP contribution in [-0.4, -0.2) is 6.10 Å². The van der Waals surface area contributed by atoms with Crippen LogP contribution >= 0.6 is 0 Å². The third-order valence-electron chi connectivity index (χ3n) is 3.08. The maximum Gasteiger partial charge on any atom is 0.119 e. The molecular weight excluding hydrogens is 184 g/mol. The molecule has 0 amide bonds. The lowest BCUT2D eigenvalue weighted by Crippen LogP contribution is -2.24. The molecule has 0 saturated heterocycles. The fourth-order valence-electron chi connectivity index (χ4n) is 1.71. The smallest absolute Gasteiger partial charge is 0.119 e. The molecule has 1 aromatic carbocycles. The molecule has 0 atom stereocenters. The molecule has 0 aliphatic heterocycles. The minimum absolute atomic E-state index is 0.231. The first kappa shape index (κ1) is 10.5. The minimum Gasteiger partial charge on any atom is -0.490 e. The van der Waals surface area contributed by atoms with Crippen molar-refractivity contribution < 1.29 is 4.74 Å². The highest BCUT2D eigenvalue weighted by molar-refractivity contribution is 5.31. The number of hydrogen-bond donors (Lipinski definition) is 0. The normalized spacial score (nSPS) is 17.3.